The van der Waals surface area contributed by atoms with Crippen molar-refractivity contribution in [3.8, 4) is 0 Å². The Balaban J connectivity index is 2.54. The lowest BCUT2D eigenvalue weighted by molar-refractivity contribution is -0.116. The van der Waals surface area contributed by atoms with Crippen LogP contribution in [0.2, 0.25) is 0 Å². The first-order chi connectivity index (χ1) is 6.22. The number of amides is 1. The monoisotopic (exact) mass is 174 g/mol. The summed E-state index contributed by atoms with van der Waals surface area (Å²) in [5.41, 5.74) is 0.591. The third-order valence-corrected chi connectivity index (χ3v) is 1.53. The average molecular weight is 174 g/mol. The summed E-state index contributed by atoms with van der Waals surface area (Å²) in [5, 5.41) is 2.66. The predicted octanol–water partition coefficient (Wildman–Crippen LogP) is 0.614. The van der Waals surface area contributed by atoms with Gasteiger partial charge in [-0.25, -0.2) is 4.98 Å². The van der Waals surface area contributed by atoms with Crippen molar-refractivity contribution in [2.45, 2.75) is 19.8 Å². The van der Waals surface area contributed by atoms with Crippen LogP contribution in [0.1, 0.15) is 19.8 Å². The number of hydrogen-bond acceptors (Lipinski definition) is 2. The summed E-state index contributed by atoms with van der Waals surface area (Å²) >= 11 is 0. The van der Waals surface area contributed by atoms with Gasteiger partial charge in [-0.15, -0.1) is 0 Å². The predicted molar refractivity (Wildman–Crippen MR) is 53.2 cm³/mol. The van der Waals surface area contributed by atoms with Crippen molar-refractivity contribution in [3.63, 3.8) is 0 Å². The third kappa shape index (κ3) is 3.28. The summed E-state index contributed by atoms with van der Waals surface area (Å²) in [6, 6.07) is 3.39. The van der Waals surface area contributed by atoms with E-state index in [9.17, 15) is 4.79 Å². The van der Waals surface area contributed by atoms with Gasteiger partial charge in [-0.2, -0.15) is 0 Å². The number of carbonyl (C=O) groups is 1. The van der Waals surface area contributed by atoms with E-state index in [0.29, 0.717) is 17.7 Å². The molecule has 2 radical (unpaired) electrons. The zero-order valence-corrected chi connectivity index (χ0v) is 7.58. The molecule has 1 aromatic heterocycles. The van der Waals surface area contributed by atoms with Gasteiger partial charge in [0.15, 0.2) is 0 Å². The Hall–Kier alpha value is -1.32. The minimum atomic E-state index is -0.0141. The number of rotatable bonds is 3. The van der Waals surface area contributed by atoms with Crippen molar-refractivity contribution in [1.29, 1.82) is 0 Å². The van der Waals surface area contributed by atoms with Gasteiger partial charge in [-0.1, -0.05) is 18.5 Å². The fourth-order valence-electron chi connectivity index (χ4n) is 0.912. The van der Waals surface area contributed by atoms with Crippen LogP contribution in [0, 0.1) is 0 Å². The molecule has 3 nitrogen and oxygen atoms in total. The van der Waals surface area contributed by atoms with E-state index in [1.807, 2.05) is 6.92 Å². The van der Waals surface area contributed by atoms with E-state index in [-0.39, 0.29) is 5.91 Å². The maximum absolute atomic E-state index is 11.1. The van der Waals surface area contributed by atoms with Gasteiger partial charge in [0, 0.05) is 12.6 Å². The Kier molecular flexibility index (Phi) is 3.49. The van der Waals surface area contributed by atoms with E-state index < -0.39 is 0 Å². The number of hydrogen-bond donors (Lipinski definition) is 1. The van der Waals surface area contributed by atoms with Crippen LogP contribution in [0.25, 0.3) is 0 Å². The molecule has 0 aliphatic heterocycles. The standard InChI is InChI=1S/C9H11BN2O/c1-2-3-9(13)12-8-5-4-7(10)6-11-8/h4-6H,2-3H2,1H3,(H,11,12,13). The molecule has 1 amide bonds. The van der Waals surface area contributed by atoms with E-state index in [4.69, 9.17) is 7.85 Å². The third-order valence-electron chi connectivity index (χ3n) is 1.53. The number of aromatic nitrogens is 1. The Morgan fingerprint density at radius 3 is 2.92 bits per heavy atom. The number of carbonyl (C=O) groups excluding carboxylic acids is 1. The highest BCUT2D eigenvalue weighted by Crippen LogP contribution is 2.00. The van der Waals surface area contributed by atoms with Crippen LogP contribution >= 0.6 is 0 Å². The smallest absolute Gasteiger partial charge is 0.225 e. The Morgan fingerprint density at radius 2 is 2.38 bits per heavy atom. The first-order valence-corrected chi connectivity index (χ1v) is 4.23. The second-order valence-electron chi connectivity index (χ2n) is 2.77. The lowest BCUT2D eigenvalue weighted by atomic mass is 9.99. The molecular formula is C9H11BN2O. The minimum absolute atomic E-state index is 0.0141. The molecule has 1 rings (SSSR count). The van der Waals surface area contributed by atoms with E-state index in [1.54, 1.807) is 12.1 Å². The molecule has 4 heteroatoms. The molecule has 1 N–H and O–H groups in total. The van der Waals surface area contributed by atoms with Crippen LogP contribution in [-0.4, -0.2) is 18.7 Å². The van der Waals surface area contributed by atoms with E-state index in [2.05, 4.69) is 10.3 Å². The van der Waals surface area contributed by atoms with Crippen LogP contribution in [0.5, 0.6) is 0 Å². The number of pyridine rings is 1. The van der Waals surface area contributed by atoms with Crippen molar-refractivity contribution in [3.05, 3.63) is 18.3 Å². The van der Waals surface area contributed by atoms with Crippen LogP contribution in [0.15, 0.2) is 18.3 Å². The lowest BCUT2D eigenvalue weighted by Crippen LogP contribution is -2.13. The average Bonchev–Trinajstić information content (AvgIpc) is 2.09. The Labute approximate surface area is 79.0 Å². The molecule has 0 fully saturated rings. The molecule has 66 valence electrons. The fourth-order valence-corrected chi connectivity index (χ4v) is 0.912. The van der Waals surface area contributed by atoms with E-state index >= 15 is 0 Å². The van der Waals surface area contributed by atoms with Gasteiger partial charge in [0.1, 0.15) is 13.7 Å². The molecule has 0 saturated carbocycles. The molecule has 0 unspecified atom stereocenters. The quantitative estimate of drug-likeness (QED) is 0.682. The molecule has 0 aliphatic rings. The molecule has 0 atom stereocenters. The van der Waals surface area contributed by atoms with E-state index in [0.717, 1.165) is 6.42 Å². The van der Waals surface area contributed by atoms with Gasteiger partial charge in [-0.3, -0.25) is 4.79 Å². The molecule has 0 aromatic carbocycles. The molecule has 0 saturated heterocycles. The first kappa shape index (κ1) is 9.77. The highest BCUT2D eigenvalue weighted by atomic mass is 16.1. The Bertz CT molecular complexity index is 284. The minimum Gasteiger partial charge on any atom is -0.311 e. The van der Waals surface area contributed by atoms with Crippen LogP contribution in [0.3, 0.4) is 0 Å². The van der Waals surface area contributed by atoms with Crippen molar-refractivity contribution < 1.29 is 4.79 Å². The summed E-state index contributed by atoms with van der Waals surface area (Å²) in [5.74, 6) is 0.535. The van der Waals surface area contributed by atoms with Gasteiger partial charge < -0.3 is 5.32 Å². The molecule has 13 heavy (non-hydrogen) atoms. The van der Waals surface area contributed by atoms with Crippen molar-refractivity contribution in [2.75, 3.05) is 5.32 Å². The summed E-state index contributed by atoms with van der Waals surface area (Å²) in [7, 11) is 5.44. The summed E-state index contributed by atoms with van der Waals surface area (Å²) < 4.78 is 0. The summed E-state index contributed by atoms with van der Waals surface area (Å²) in [6.07, 6.45) is 2.87. The first-order valence-electron chi connectivity index (χ1n) is 4.23. The van der Waals surface area contributed by atoms with Gasteiger partial charge in [0.05, 0.1) is 0 Å². The zero-order valence-electron chi connectivity index (χ0n) is 7.58. The fraction of sp³-hybridized carbons (Fsp3) is 0.333. The zero-order chi connectivity index (χ0) is 9.68. The topological polar surface area (TPSA) is 42.0 Å². The Morgan fingerprint density at radius 1 is 1.62 bits per heavy atom. The van der Waals surface area contributed by atoms with Gasteiger partial charge in [-0.05, 0) is 12.5 Å². The molecule has 1 aromatic rings. The van der Waals surface area contributed by atoms with Crippen LogP contribution in [-0.2, 0) is 4.79 Å². The molecule has 0 spiro atoms. The van der Waals surface area contributed by atoms with Crippen LogP contribution in [0.4, 0.5) is 5.82 Å². The van der Waals surface area contributed by atoms with Crippen LogP contribution < -0.4 is 10.8 Å². The lowest BCUT2D eigenvalue weighted by Gasteiger charge is -2.02. The van der Waals surface area contributed by atoms with Crippen molar-refractivity contribution in [1.82, 2.24) is 4.98 Å². The van der Waals surface area contributed by atoms with Gasteiger partial charge >= 0.3 is 0 Å². The number of nitrogens with zero attached hydrogens (tertiary/aromatic N) is 1. The van der Waals surface area contributed by atoms with Gasteiger partial charge in [0.2, 0.25) is 5.91 Å². The SMILES string of the molecule is [B]c1ccc(NC(=O)CCC)nc1. The van der Waals surface area contributed by atoms with E-state index in [1.165, 1.54) is 6.20 Å². The van der Waals surface area contributed by atoms with Crippen molar-refractivity contribution in [2.24, 2.45) is 0 Å². The molecule has 0 aliphatic carbocycles. The molecular weight excluding hydrogens is 163 g/mol. The second kappa shape index (κ2) is 4.65. The molecule has 0 bridgehead atoms. The normalized spacial score (nSPS) is 9.62. The highest BCUT2D eigenvalue weighted by molar-refractivity contribution is 6.32. The number of nitrogens with one attached hydrogen (secondary N) is 1. The highest BCUT2D eigenvalue weighted by Gasteiger charge is 1.99. The van der Waals surface area contributed by atoms with Gasteiger partial charge in [0.25, 0.3) is 0 Å². The maximum atomic E-state index is 11.1. The summed E-state index contributed by atoms with van der Waals surface area (Å²) in [4.78, 5) is 15.1. The summed E-state index contributed by atoms with van der Waals surface area (Å²) in [6.45, 7) is 1.95. The number of anilines is 1. The molecule has 1 heterocycles. The van der Waals surface area contributed by atoms with Crippen molar-refractivity contribution >= 4 is 25.0 Å². The second-order valence-corrected chi connectivity index (χ2v) is 2.77. The largest absolute Gasteiger partial charge is 0.311 e. The maximum Gasteiger partial charge on any atom is 0.225 e.